The summed E-state index contributed by atoms with van der Waals surface area (Å²) in [5.41, 5.74) is 1.78. The van der Waals surface area contributed by atoms with E-state index in [2.05, 4.69) is 23.1 Å². The Kier molecular flexibility index (Phi) is 6.64. The Balaban J connectivity index is 1.78. The molecule has 1 atom stereocenters. The quantitative estimate of drug-likeness (QED) is 0.455. The van der Waals surface area contributed by atoms with Crippen LogP contribution >= 0.6 is 0 Å². The number of carbonyl (C=O) groups is 1. The molecule has 146 valence electrons. The first-order valence-corrected chi connectivity index (χ1v) is 9.47. The molecule has 1 heterocycles. The van der Waals surface area contributed by atoms with Crippen LogP contribution in [0.2, 0.25) is 0 Å². The van der Waals surface area contributed by atoms with Gasteiger partial charge in [0, 0.05) is 18.8 Å². The largest absolute Gasteiger partial charge is 0.459 e. The number of esters is 1. The highest BCUT2D eigenvalue weighted by atomic mass is 16.5. The number of anilines is 1. The second-order valence-corrected chi connectivity index (χ2v) is 6.94. The summed E-state index contributed by atoms with van der Waals surface area (Å²) in [7, 11) is 0. The minimum atomic E-state index is -1.15. The first-order valence-electron chi connectivity index (χ1n) is 9.47. The van der Waals surface area contributed by atoms with E-state index in [1.807, 2.05) is 24.3 Å². The predicted molar refractivity (Wildman–Crippen MR) is 108 cm³/mol. The fraction of sp³-hybridized carbons (Fsp3) is 0.364. The van der Waals surface area contributed by atoms with Gasteiger partial charge in [0.05, 0.1) is 6.61 Å². The van der Waals surface area contributed by atoms with Crippen LogP contribution < -0.4 is 4.90 Å². The highest BCUT2D eigenvalue weighted by Crippen LogP contribution is 2.26. The third kappa shape index (κ3) is 4.89. The molecule has 0 amide bonds. The Hall–Kier alpha value is -2.88. The highest BCUT2D eigenvalue weighted by Gasteiger charge is 2.14. The second kappa shape index (κ2) is 9.36. The van der Waals surface area contributed by atoms with Crippen molar-refractivity contribution in [1.29, 1.82) is 5.26 Å². The van der Waals surface area contributed by atoms with Crippen molar-refractivity contribution in [3.63, 3.8) is 0 Å². The molecule has 1 fully saturated rings. The van der Waals surface area contributed by atoms with Crippen LogP contribution in [0.3, 0.4) is 0 Å². The summed E-state index contributed by atoms with van der Waals surface area (Å²) in [5.74, 6) is -0.824. The van der Waals surface area contributed by atoms with Gasteiger partial charge in [-0.2, -0.15) is 5.26 Å². The summed E-state index contributed by atoms with van der Waals surface area (Å²) in [5, 5.41) is 29.4. The number of nitriles is 1. The van der Waals surface area contributed by atoms with Gasteiger partial charge in [-0.25, -0.2) is 4.79 Å². The summed E-state index contributed by atoms with van der Waals surface area (Å²) in [6.45, 7) is 1.31. The number of benzene rings is 2. The minimum Gasteiger partial charge on any atom is -0.459 e. The zero-order valence-electron chi connectivity index (χ0n) is 15.7. The number of piperidine rings is 1. The van der Waals surface area contributed by atoms with Gasteiger partial charge in [-0.1, -0.05) is 18.2 Å². The van der Waals surface area contributed by atoms with Gasteiger partial charge >= 0.3 is 5.97 Å². The zero-order valence-corrected chi connectivity index (χ0v) is 15.7. The van der Waals surface area contributed by atoms with E-state index < -0.39 is 18.7 Å². The molecule has 0 bridgehead atoms. The van der Waals surface area contributed by atoms with Crippen molar-refractivity contribution in [2.75, 3.05) is 31.2 Å². The van der Waals surface area contributed by atoms with Crippen molar-refractivity contribution in [1.82, 2.24) is 0 Å². The topological polar surface area (TPSA) is 93.8 Å². The first-order chi connectivity index (χ1) is 13.6. The molecule has 0 aliphatic carbocycles. The molecule has 0 saturated carbocycles. The van der Waals surface area contributed by atoms with E-state index in [1.54, 1.807) is 0 Å². The smallest absolute Gasteiger partial charge is 0.348 e. The van der Waals surface area contributed by atoms with Crippen LogP contribution in [0, 0.1) is 11.3 Å². The summed E-state index contributed by atoms with van der Waals surface area (Å²) in [6, 6.07) is 13.9. The molecule has 0 spiro atoms. The van der Waals surface area contributed by atoms with Crippen LogP contribution in [0.5, 0.6) is 0 Å². The van der Waals surface area contributed by atoms with Crippen molar-refractivity contribution in [2.24, 2.45) is 0 Å². The summed E-state index contributed by atoms with van der Waals surface area (Å²) < 4.78 is 4.85. The number of carbonyl (C=O) groups excluding carboxylic acids is 1. The number of fused-ring (bicyclic) bond motifs is 1. The highest BCUT2D eigenvalue weighted by molar-refractivity contribution is 5.98. The van der Waals surface area contributed by atoms with Crippen molar-refractivity contribution in [2.45, 2.75) is 25.4 Å². The maximum atomic E-state index is 12.0. The van der Waals surface area contributed by atoms with E-state index in [0.29, 0.717) is 0 Å². The van der Waals surface area contributed by atoms with Crippen LogP contribution in [0.25, 0.3) is 16.8 Å². The average molecular weight is 380 g/mol. The van der Waals surface area contributed by atoms with Gasteiger partial charge < -0.3 is 19.8 Å². The van der Waals surface area contributed by atoms with E-state index >= 15 is 0 Å². The van der Waals surface area contributed by atoms with Crippen molar-refractivity contribution in [3.05, 3.63) is 47.5 Å². The fourth-order valence-corrected chi connectivity index (χ4v) is 3.30. The van der Waals surface area contributed by atoms with Gasteiger partial charge in [0.25, 0.3) is 0 Å². The van der Waals surface area contributed by atoms with Crippen LogP contribution in [-0.2, 0) is 9.53 Å². The van der Waals surface area contributed by atoms with Gasteiger partial charge in [0.15, 0.2) is 0 Å². The lowest BCUT2D eigenvalue weighted by Crippen LogP contribution is -2.29. The minimum absolute atomic E-state index is 0.158. The van der Waals surface area contributed by atoms with Crippen LogP contribution in [0.1, 0.15) is 24.8 Å². The molecular weight excluding hydrogens is 356 g/mol. The normalized spacial score (nSPS) is 15.9. The lowest BCUT2D eigenvalue weighted by atomic mass is 10.0. The van der Waals surface area contributed by atoms with Crippen molar-refractivity contribution >= 4 is 28.5 Å². The maximum absolute atomic E-state index is 12.0. The van der Waals surface area contributed by atoms with E-state index in [4.69, 9.17) is 9.84 Å². The molecule has 0 aromatic heterocycles. The third-order valence-corrected chi connectivity index (χ3v) is 4.84. The number of aliphatic hydroxyl groups is 2. The predicted octanol–water partition coefficient (Wildman–Crippen LogP) is 2.63. The number of aliphatic hydroxyl groups excluding tert-OH is 2. The van der Waals surface area contributed by atoms with Crippen molar-refractivity contribution < 1.29 is 19.7 Å². The van der Waals surface area contributed by atoms with Gasteiger partial charge in [-0.05, 0) is 59.9 Å². The number of ether oxygens (including phenoxy) is 1. The molecule has 3 rings (SSSR count). The van der Waals surface area contributed by atoms with Crippen LogP contribution in [0.15, 0.2) is 42.0 Å². The summed E-state index contributed by atoms with van der Waals surface area (Å²) >= 11 is 0. The lowest BCUT2D eigenvalue weighted by molar-refractivity contribution is -0.142. The molecular formula is C22H24N2O4. The monoisotopic (exact) mass is 380 g/mol. The molecule has 2 N–H and O–H groups in total. The zero-order chi connectivity index (χ0) is 19.9. The first kappa shape index (κ1) is 19.9. The lowest BCUT2D eigenvalue weighted by Gasteiger charge is -2.29. The molecule has 1 aliphatic rings. The molecule has 0 radical (unpaired) electrons. The molecule has 2 aromatic carbocycles. The second-order valence-electron chi connectivity index (χ2n) is 6.94. The molecule has 2 aromatic rings. The number of hydrogen-bond acceptors (Lipinski definition) is 6. The molecule has 6 nitrogen and oxygen atoms in total. The van der Waals surface area contributed by atoms with Gasteiger partial charge in [0.1, 0.15) is 24.4 Å². The Labute approximate surface area is 164 Å². The Morgan fingerprint density at radius 3 is 2.61 bits per heavy atom. The van der Waals surface area contributed by atoms with Crippen LogP contribution in [0.4, 0.5) is 5.69 Å². The van der Waals surface area contributed by atoms with E-state index in [0.717, 1.165) is 29.4 Å². The van der Waals surface area contributed by atoms with Crippen LogP contribution in [-0.4, -0.2) is 48.6 Å². The van der Waals surface area contributed by atoms with Crippen molar-refractivity contribution in [3.8, 4) is 6.07 Å². The molecule has 6 heteroatoms. The SMILES string of the molecule is N#CC(=Cc1ccc2cc(N3CCCCC3)ccc2c1)C(=O)OCC(O)CO. The van der Waals surface area contributed by atoms with Gasteiger partial charge in [-0.15, -0.1) is 0 Å². The van der Waals surface area contributed by atoms with Gasteiger partial charge in [0.2, 0.25) is 0 Å². The van der Waals surface area contributed by atoms with Gasteiger partial charge in [-0.3, -0.25) is 0 Å². The van der Waals surface area contributed by atoms with E-state index in [1.165, 1.54) is 31.0 Å². The molecule has 28 heavy (non-hydrogen) atoms. The summed E-state index contributed by atoms with van der Waals surface area (Å²) in [6.07, 6.45) is 4.06. The summed E-state index contributed by atoms with van der Waals surface area (Å²) in [4.78, 5) is 14.4. The maximum Gasteiger partial charge on any atom is 0.348 e. The average Bonchev–Trinajstić information content (AvgIpc) is 2.75. The number of hydrogen-bond donors (Lipinski definition) is 2. The standard InChI is InChI=1S/C22H24N2O4/c23-13-19(22(27)28-15-21(26)14-25)11-16-4-5-18-12-20(7-6-17(18)10-16)24-8-2-1-3-9-24/h4-7,10-12,21,25-26H,1-3,8-9,14-15H2. The Morgan fingerprint density at radius 1 is 1.18 bits per heavy atom. The number of nitrogens with zero attached hydrogens (tertiary/aromatic N) is 2. The molecule has 1 aliphatic heterocycles. The Morgan fingerprint density at radius 2 is 1.89 bits per heavy atom. The molecule has 1 saturated heterocycles. The third-order valence-electron chi connectivity index (χ3n) is 4.84. The Bertz CT molecular complexity index is 910. The van der Waals surface area contributed by atoms with E-state index in [-0.39, 0.29) is 12.2 Å². The molecule has 1 unspecified atom stereocenters. The number of rotatable bonds is 6. The van der Waals surface area contributed by atoms with E-state index in [9.17, 15) is 15.2 Å². The fourth-order valence-electron chi connectivity index (χ4n) is 3.30.